The summed E-state index contributed by atoms with van der Waals surface area (Å²) >= 11 is 0. The first-order chi connectivity index (χ1) is 29.4. The molecule has 1 atom stereocenters. The summed E-state index contributed by atoms with van der Waals surface area (Å²) in [4.78, 5) is 37.9. The highest BCUT2D eigenvalue weighted by molar-refractivity contribution is 5.71. The second-order valence-electron chi connectivity index (χ2n) is 19.0. The SMILES string of the molecule is CCCCCCCCCCCCCCCCCCCCC(=O)O[C@H](COC(=O)CCCCCCCCCCCCCCCCC)COC(=O)CCCCCCCCC(C)C. The summed E-state index contributed by atoms with van der Waals surface area (Å²) in [5.74, 6) is -0.0837. The maximum Gasteiger partial charge on any atom is 0.306 e. The van der Waals surface area contributed by atoms with Gasteiger partial charge in [0.05, 0.1) is 0 Å². The van der Waals surface area contributed by atoms with Crippen LogP contribution >= 0.6 is 0 Å². The Hall–Kier alpha value is -1.59. The van der Waals surface area contributed by atoms with Crippen molar-refractivity contribution in [1.29, 1.82) is 0 Å². The van der Waals surface area contributed by atoms with E-state index in [0.717, 1.165) is 63.7 Å². The van der Waals surface area contributed by atoms with Crippen LogP contribution in [0, 0.1) is 5.92 Å². The average molecular weight is 849 g/mol. The highest BCUT2D eigenvalue weighted by Gasteiger charge is 2.19. The number of unbranched alkanes of at least 4 members (excludes halogenated alkanes) is 36. The summed E-state index contributed by atoms with van der Waals surface area (Å²) in [6.07, 6.45) is 51.1. The summed E-state index contributed by atoms with van der Waals surface area (Å²) in [7, 11) is 0. The normalized spacial score (nSPS) is 11.9. The molecule has 0 bridgehead atoms. The van der Waals surface area contributed by atoms with Gasteiger partial charge in [-0.15, -0.1) is 0 Å². The van der Waals surface area contributed by atoms with Gasteiger partial charge in [-0.2, -0.15) is 0 Å². The zero-order valence-electron chi connectivity index (χ0n) is 40.9. The molecule has 0 aromatic rings. The molecule has 0 heterocycles. The fourth-order valence-electron chi connectivity index (χ4n) is 8.22. The van der Waals surface area contributed by atoms with Gasteiger partial charge in [0.25, 0.3) is 0 Å². The van der Waals surface area contributed by atoms with Crippen molar-refractivity contribution in [2.24, 2.45) is 5.92 Å². The number of carbonyl (C=O) groups excluding carboxylic acids is 3. The Labute approximate surface area is 374 Å². The summed E-state index contributed by atoms with van der Waals surface area (Å²) in [5, 5.41) is 0. The Morgan fingerprint density at radius 1 is 0.317 bits per heavy atom. The Morgan fingerprint density at radius 2 is 0.550 bits per heavy atom. The van der Waals surface area contributed by atoms with Gasteiger partial charge in [0, 0.05) is 19.3 Å². The molecule has 356 valence electrons. The molecule has 0 spiro atoms. The van der Waals surface area contributed by atoms with Crippen molar-refractivity contribution in [2.75, 3.05) is 13.2 Å². The molecule has 0 saturated heterocycles. The first-order valence-corrected chi connectivity index (χ1v) is 26.9. The van der Waals surface area contributed by atoms with E-state index in [2.05, 4.69) is 27.7 Å². The van der Waals surface area contributed by atoms with Crippen molar-refractivity contribution in [2.45, 2.75) is 310 Å². The lowest BCUT2D eigenvalue weighted by Gasteiger charge is -2.18. The van der Waals surface area contributed by atoms with Crippen LogP contribution in [0.25, 0.3) is 0 Å². The predicted octanol–water partition coefficient (Wildman–Crippen LogP) is 17.5. The zero-order valence-corrected chi connectivity index (χ0v) is 40.9. The molecule has 60 heavy (non-hydrogen) atoms. The van der Waals surface area contributed by atoms with E-state index >= 15 is 0 Å². The Morgan fingerprint density at radius 3 is 0.817 bits per heavy atom. The van der Waals surface area contributed by atoms with E-state index in [0.29, 0.717) is 19.3 Å². The fraction of sp³-hybridized carbons (Fsp3) is 0.944. The van der Waals surface area contributed by atoms with Crippen LogP contribution in [0.2, 0.25) is 0 Å². The third kappa shape index (κ3) is 47.5. The monoisotopic (exact) mass is 849 g/mol. The summed E-state index contributed by atoms with van der Waals surface area (Å²) in [6.45, 7) is 8.97. The molecule has 0 aliphatic heterocycles. The van der Waals surface area contributed by atoms with Crippen molar-refractivity contribution >= 4 is 17.9 Å². The van der Waals surface area contributed by atoms with Crippen molar-refractivity contribution in [3.8, 4) is 0 Å². The Bertz CT molecular complexity index is 903. The van der Waals surface area contributed by atoms with Crippen LogP contribution in [0.3, 0.4) is 0 Å². The third-order valence-corrected chi connectivity index (χ3v) is 12.3. The van der Waals surface area contributed by atoms with Gasteiger partial charge in [-0.05, 0) is 25.2 Å². The molecule has 0 amide bonds. The molecule has 0 aliphatic rings. The molecule has 0 unspecified atom stereocenters. The van der Waals surface area contributed by atoms with Crippen LogP contribution < -0.4 is 0 Å². The molecule has 6 heteroatoms. The molecule has 0 fully saturated rings. The number of ether oxygens (including phenoxy) is 3. The van der Waals surface area contributed by atoms with Crippen LogP contribution in [-0.2, 0) is 28.6 Å². The number of esters is 3. The second kappa shape index (κ2) is 48.4. The van der Waals surface area contributed by atoms with Gasteiger partial charge in [0.2, 0.25) is 0 Å². The number of hydrogen-bond acceptors (Lipinski definition) is 6. The van der Waals surface area contributed by atoms with E-state index in [-0.39, 0.29) is 31.1 Å². The lowest BCUT2D eigenvalue weighted by atomic mass is 10.0. The second-order valence-corrected chi connectivity index (χ2v) is 19.0. The molecular formula is C54H104O6. The molecule has 0 aromatic carbocycles. The topological polar surface area (TPSA) is 78.9 Å². The molecule has 0 aromatic heterocycles. The van der Waals surface area contributed by atoms with E-state index in [9.17, 15) is 14.4 Å². The van der Waals surface area contributed by atoms with Crippen molar-refractivity contribution < 1.29 is 28.6 Å². The molecule has 6 nitrogen and oxygen atoms in total. The maximum absolute atomic E-state index is 12.8. The van der Waals surface area contributed by atoms with Crippen LogP contribution in [0.1, 0.15) is 304 Å². The Kier molecular flexibility index (Phi) is 47.2. The van der Waals surface area contributed by atoms with E-state index in [1.165, 1.54) is 199 Å². The fourth-order valence-corrected chi connectivity index (χ4v) is 8.22. The van der Waals surface area contributed by atoms with Gasteiger partial charge in [0.15, 0.2) is 6.10 Å². The van der Waals surface area contributed by atoms with E-state index in [4.69, 9.17) is 14.2 Å². The summed E-state index contributed by atoms with van der Waals surface area (Å²) < 4.78 is 16.8. The molecule has 0 rings (SSSR count). The van der Waals surface area contributed by atoms with Gasteiger partial charge in [0.1, 0.15) is 13.2 Å². The highest BCUT2D eigenvalue weighted by atomic mass is 16.6. The quantitative estimate of drug-likeness (QED) is 0.0345. The average Bonchev–Trinajstić information content (AvgIpc) is 3.23. The number of carbonyl (C=O) groups is 3. The van der Waals surface area contributed by atoms with Crippen LogP contribution in [0.4, 0.5) is 0 Å². The van der Waals surface area contributed by atoms with E-state index < -0.39 is 6.10 Å². The van der Waals surface area contributed by atoms with E-state index in [1.54, 1.807) is 0 Å². The van der Waals surface area contributed by atoms with E-state index in [1.807, 2.05) is 0 Å². The third-order valence-electron chi connectivity index (χ3n) is 12.3. The van der Waals surface area contributed by atoms with Gasteiger partial charge in [-0.25, -0.2) is 0 Å². The summed E-state index contributed by atoms with van der Waals surface area (Å²) in [5.41, 5.74) is 0. The largest absolute Gasteiger partial charge is 0.462 e. The zero-order chi connectivity index (χ0) is 43.8. The molecule has 0 saturated carbocycles. The minimum absolute atomic E-state index is 0.0634. The minimum Gasteiger partial charge on any atom is -0.462 e. The minimum atomic E-state index is -0.761. The first kappa shape index (κ1) is 58.4. The first-order valence-electron chi connectivity index (χ1n) is 26.9. The Balaban J connectivity index is 4.24. The van der Waals surface area contributed by atoms with Gasteiger partial charge >= 0.3 is 17.9 Å². The van der Waals surface area contributed by atoms with Crippen LogP contribution in [0.15, 0.2) is 0 Å². The molecular weight excluding hydrogens is 745 g/mol. The van der Waals surface area contributed by atoms with Crippen molar-refractivity contribution in [1.82, 2.24) is 0 Å². The molecule has 0 N–H and O–H groups in total. The number of hydrogen-bond donors (Lipinski definition) is 0. The maximum atomic E-state index is 12.8. The van der Waals surface area contributed by atoms with Crippen molar-refractivity contribution in [3.63, 3.8) is 0 Å². The lowest BCUT2D eigenvalue weighted by Crippen LogP contribution is -2.30. The standard InChI is InChI=1S/C54H104O6/c1-5-7-9-11-13-15-17-19-21-22-23-25-27-29-31-33-39-43-47-54(57)60-51(49-59-53(56)46-42-38-35-34-36-40-44-50(3)4)48-58-52(55)45-41-37-32-30-28-26-24-20-18-16-14-12-10-8-6-2/h50-51H,5-49H2,1-4H3/t51-/m1/s1. The van der Waals surface area contributed by atoms with Crippen LogP contribution in [0.5, 0.6) is 0 Å². The predicted molar refractivity (Wildman–Crippen MR) is 257 cm³/mol. The lowest BCUT2D eigenvalue weighted by molar-refractivity contribution is -0.167. The van der Waals surface area contributed by atoms with Gasteiger partial charge in [-0.3, -0.25) is 14.4 Å². The van der Waals surface area contributed by atoms with Gasteiger partial charge in [-0.1, -0.05) is 265 Å². The van der Waals surface area contributed by atoms with Crippen molar-refractivity contribution in [3.05, 3.63) is 0 Å². The summed E-state index contributed by atoms with van der Waals surface area (Å²) in [6, 6.07) is 0. The van der Waals surface area contributed by atoms with Gasteiger partial charge < -0.3 is 14.2 Å². The molecule has 0 aliphatic carbocycles. The smallest absolute Gasteiger partial charge is 0.306 e. The highest BCUT2D eigenvalue weighted by Crippen LogP contribution is 2.17. The van der Waals surface area contributed by atoms with Crippen LogP contribution in [-0.4, -0.2) is 37.2 Å². The molecule has 0 radical (unpaired) electrons. The number of rotatable bonds is 49.